The van der Waals surface area contributed by atoms with Gasteiger partial charge in [0.1, 0.15) is 5.82 Å². The molecule has 0 bridgehead atoms. The van der Waals surface area contributed by atoms with Crippen molar-refractivity contribution >= 4 is 9.84 Å². The van der Waals surface area contributed by atoms with E-state index >= 15 is 0 Å². The van der Waals surface area contributed by atoms with Gasteiger partial charge in [0.2, 0.25) is 0 Å². The molecule has 1 aromatic rings. The zero-order valence-corrected chi connectivity index (χ0v) is 11.4. The molecule has 1 aromatic carbocycles. The topological polar surface area (TPSA) is 57.6 Å². The summed E-state index contributed by atoms with van der Waals surface area (Å²) in [6, 6.07) is 6.16. The van der Waals surface area contributed by atoms with Crippen molar-refractivity contribution in [1.29, 1.82) is 0 Å². The number of benzene rings is 1. The molecule has 0 aliphatic carbocycles. The lowest BCUT2D eigenvalue weighted by atomic mass is 10.1. The van der Waals surface area contributed by atoms with Crippen LogP contribution in [0.2, 0.25) is 0 Å². The molecule has 4 nitrogen and oxygen atoms in total. The van der Waals surface area contributed by atoms with E-state index in [0.29, 0.717) is 19.5 Å². The van der Waals surface area contributed by atoms with Gasteiger partial charge in [0, 0.05) is 19.1 Å². The Hall–Kier alpha value is -0.980. The van der Waals surface area contributed by atoms with E-state index in [2.05, 4.69) is 0 Å². The summed E-state index contributed by atoms with van der Waals surface area (Å²) in [5.74, 6) is 0.0194. The maximum atomic E-state index is 13.1. The SMILES string of the molecule is O=S1(=O)CC[C@H](N(CCO)Cc2cccc(F)c2)C1. The van der Waals surface area contributed by atoms with E-state index in [1.54, 1.807) is 12.1 Å². The van der Waals surface area contributed by atoms with Gasteiger partial charge in [-0.15, -0.1) is 0 Å². The minimum atomic E-state index is -2.96. The highest BCUT2D eigenvalue weighted by molar-refractivity contribution is 7.91. The minimum Gasteiger partial charge on any atom is -0.395 e. The zero-order valence-electron chi connectivity index (χ0n) is 10.6. The van der Waals surface area contributed by atoms with Gasteiger partial charge in [-0.2, -0.15) is 0 Å². The average Bonchev–Trinajstić information content (AvgIpc) is 2.69. The lowest BCUT2D eigenvalue weighted by Gasteiger charge is -2.27. The zero-order chi connectivity index (χ0) is 13.9. The van der Waals surface area contributed by atoms with Crippen molar-refractivity contribution < 1.29 is 17.9 Å². The number of sulfone groups is 1. The molecule has 1 fully saturated rings. The molecule has 1 saturated heterocycles. The van der Waals surface area contributed by atoms with Crippen LogP contribution in [0.3, 0.4) is 0 Å². The van der Waals surface area contributed by atoms with Gasteiger partial charge in [-0.05, 0) is 24.1 Å². The van der Waals surface area contributed by atoms with E-state index in [4.69, 9.17) is 5.11 Å². The Bertz CT molecular complexity index is 532. The fourth-order valence-electron chi connectivity index (χ4n) is 2.45. The number of nitrogens with zero attached hydrogens (tertiary/aromatic N) is 1. The summed E-state index contributed by atoms with van der Waals surface area (Å²) in [4.78, 5) is 1.92. The van der Waals surface area contributed by atoms with E-state index in [9.17, 15) is 12.8 Å². The van der Waals surface area contributed by atoms with Crippen LogP contribution in [0.5, 0.6) is 0 Å². The van der Waals surface area contributed by atoms with Crippen molar-refractivity contribution in [3.63, 3.8) is 0 Å². The Morgan fingerprint density at radius 3 is 2.79 bits per heavy atom. The standard InChI is InChI=1S/C13H18FNO3S/c14-12-3-1-2-11(8-12)9-15(5-6-16)13-4-7-19(17,18)10-13/h1-3,8,13,16H,4-7,9-10H2/t13-/m0/s1. The third-order valence-electron chi connectivity index (χ3n) is 3.39. The molecule has 19 heavy (non-hydrogen) atoms. The van der Waals surface area contributed by atoms with Gasteiger partial charge in [-0.25, -0.2) is 12.8 Å². The summed E-state index contributed by atoms with van der Waals surface area (Å²) in [6.45, 7) is 0.821. The molecule has 1 N–H and O–H groups in total. The quantitative estimate of drug-likeness (QED) is 0.870. The van der Waals surface area contributed by atoms with Gasteiger partial charge < -0.3 is 5.11 Å². The van der Waals surface area contributed by atoms with Crippen molar-refractivity contribution in [1.82, 2.24) is 4.90 Å². The Balaban J connectivity index is 2.08. The van der Waals surface area contributed by atoms with Crippen LogP contribution in [0.1, 0.15) is 12.0 Å². The van der Waals surface area contributed by atoms with Crippen LogP contribution in [-0.2, 0) is 16.4 Å². The Kier molecular flexibility index (Phi) is 4.54. The van der Waals surface area contributed by atoms with Gasteiger partial charge >= 0.3 is 0 Å². The summed E-state index contributed by atoms with van der Waals surface area (Å²) < 4.78 is 36.2. The molecular weight excluding hydrogens is 269 g/mol. The smallest absolute Gasteiger partial charge is 0.151 e. The molecule has 0 amide bonds. The van der Waals surface area contributed by atoms with Crippen LogP contribution in [0.15, 0.2) is 24.3 Å². The summed E-state index contributed by atoms with van der Waals surface area (Å²) in [6.07, 6.45) is 0.581. The molecule has 0 saturated carbocycles. The lowest BCUT2D eigenvalue weighted by molar-refractivity contribution is 0.153. The number of rotatable bonds is 5. The second kappa shape index (κ2) is 5.98. The van der Waals surface area contributed by atoms with Gasteiger partial charge in [-0.3, -0.25) is 4.90 Å². The Morgan fingerprint density at radius 1 is 1.42 bits per heavy atom. The highest BCUT2D eigenvalue weighted by Crippen LogP contribution is 2.20. The fourth-order valence-corrected chi connectivity index (χ4v) is 4.21. The molecule has 106 valence electrons. The van der Waals surface area contributed by atoms with Crippen molar-refractivity contribution in [2.75, 3.05) is 24.7 Å². The van der Waals surface area contributed by atoms with E-state index < -0.39 is 9.84 Å². The van der Waals surface area contributed by atoms with E-state index in [-0.39, 0.29) is 30.0 Å². The van der Waals surface area contributed by atoms with Gasteiger partial charge in [0.05, 0.1) is 18.1 Å². The summed E-state index contributed by atoms with van der Waals surface area (Å²) in [5.41, 5.74) is 0.790. The molecule has 6 heteroatoms. The second-order valence-electron chi connectivity index (χ2n) is 4.88. The van der Waals surface area contributed by atoms with Crippen molar-refractivity contribution in [2.45, 2.75) is 19.0 Å². The molecular formula is C13H18FNO3S. The molecule has 2 rings (SSSR count). The predicted molar refractivity (Wildman–Crippen MR) is 71.0 cm³/mol. The molecule has 0 spiro atoms. The van der Waals surface area contributed by atoms with E-state index in [1.165, 1.54) is 12.1 Å². The van der Waals surface area contributed by atoms with Crippen LogP contribution in [0.4, 0.5) is 4.39 Å². The number of aliphatic hydroxyl groups is 1. The third-order valence-corrected chi connectivity index (χ3v) is 5.14. The van der Waals surface area contributed by atoms with E-state index in [1.807, 2.05) is 4.90 Å². The number of halogens is 1. The first kappa shape index (κ1) is 14.4. The van der Waals surface area contributed by atoms with Crippen LogP contribution in [0.25, 0.3) is 0 Å². The first-order valence-electron chi connectivity index (χ1n) is 6.30. The monoisotopic (exact) mass is 287 g/mol. The molecule has 0 aromatic heterocycles. The summed E-state index contributed by atoms with van der Waals surface area (Å²) in [5, 5.41) is 9.09. The lowest BCUT2D eigenvalue weighted by Crippen LogP contribution is -2.37. The van der Waals surface area contributed by atoms with Crippen molar-refractivity contribution in [3.05, 3.63) is 35.6 Å². The maximum Gasteiger partial charge on any atom is 0.151 e. The molecule has 1 heterocycles. The van der Waals surface area contributed by atoms with Gasteiger partial charge in [0.25, 0.3) is 0 Å². The van der Waals surface area contributed by atoms with Crippen LogP contribution >= 0.6 is 0 Å². The average molecular weight is 287 g/mol. The van der Waals surface area contributed by atoms with Crippen LogP contribution in [-0.4, -0.2) is 49.1 Å². The van der Waals surface area contributed by atoms with Crippen molar-refractivity contribution in [3.8, 4) is 0 Å². The number of aliphatic hydroxyl groups excluding tert-OH is 1. The molecule has 1 atom stereocenters. The maximum absolute atomic E-state index is 13.1. The summed E-state index contributed by atoms with van der Waals surface area (Å²) in [7, 11) is -2.96. The number of hydrogen-bond donors (Lipinski definition) is 1. The van der Waals surface area contributed by atoms with Crippen LogP contribution in [0, 0.1) is 5.82 Å². The highest BCUT2D eigenvalue weighted by atomic mass is 32.2. The van der Waals surface area contributed by atoms with E-state index in [0.717, 1.165) is 5.56 Å². The number of hydrogen-bond acceptors (Lipinski definition) is 4. The molecule has 0 unspecified atom stereocenters. The normalized spacial score (nSPS) is 21.9. The van der Waals surface area contributed by atoms with Crippen molar-refractivity contribution in [2.24, 2.45) is 0 Å². The fraction of sp³-hybridized carbons (Fsp3) is 0.538. The first-order valence-corrected chi connectivity index (χ1v) is 8.12. The predicted octanol–water partition coefficient (Wildman–Crippen LogP) is 0.807. The second-order valence-corrected chi connectivity index (χ2v) is 7.11. The minimum absolute atomic E-state index is 0.0358. The molecule has 1 aliphatic heterocycles. The Morgan fingerprint density at radius 2 is 2.21 bits per heavy atom. The van der Waals surface area contributed by atoms with Gasteiger partial charge in [-0.1, -0.05) is 12.1 Å². The third kappa shape index (κ3) is 3.99. The largest absolute Gasteiger partial charge is 0.395 e. The van der Waals surface area contributed by atoms with Crippen LogP contribution < -0.4 is 0 Å². The first-order chi connectivity index (χ1) is 9.00. The molecule has 0 radical (unpaired) electrons. The van der Waals surface area contributed by atoms with Gasteiger partial charge in [0.15, 0.2) is 9.84 Å². The highest BCUT2D eigenvalue weighted by Gasteiger charge is 2.31. The Labute approximate surface area is 112 Å². The molecule has 1 aliphatic rings. The summed E-state index contributed by atoms with van der Waals surface area (Å²) >= 11 is 0.